The molecule has 1 atom stereocenters. The molecule has 0 aliphatic carbocycles. The highest BCUT2D eigenvalue weighted by Gasteiger charge is 2.31. The summed E-state index contributed by atoms with van der Waals surface area (Å²) in [6.07, 6.45) is 1.36. The minimum atomic E-state index is -0.861. The second-order valence-corrected chi connectivity index (χ2v) is 4.31. The predicted molar refractivity (Wildman–Crippen MR) is 70.1 cm³/mol. The Balaban J connectivity index is 2.00. The largest absolute Gasteiger partial charge is 0.325 e. The van der Waals surface area contributed by atoms with Gasteiger partial charge in [-0.05, 0) is 13.0 Å². The van der Waals surface area contributed by atoms with E-state index in [0.717, 1.165) is 0 Å². The molecule has 0 saturated carbocycles. The number of aromatic nitrogens is 1. The van der Waals surface area contributed by atoms with E-state index in [4.69, 9.17) is 0 Å². The van der Waals surface area contributed by atoms with Crippen molar-refractivity contribution in [2.45, 2.75) is 25.9 Å². The summed E-state index contributed by atoms with van der Waals surface area (Å²) in [5.41, 5.74) is 0.300. The molecule has 0 unspecified atom stereocenters. The standard InChI is InChI=1S/C12H14N4O4/c1-2-16-6-7(3-4-10(16)18)13-9(17)5-8-11(19)15-12(20)14-8/h3-4,6,8H,2,5H2,1H3,(H,13,17)(H2,14,15,19,20)/t8-/m1/s1. The Morgan fingerprint density at radius 3 is 2.70 bits per heavy atom. The number of hydrogen-bond donors (Lipinski definition) is 3. The fourth-order valence-corrected chi connectivity index (χ4v) is 1.85. The summed E-state index contributed by atoms with van der Waals surface area (Å²) in [5, 5.41) is 6.96. The van der Waals surface area contributed by atoms with Crippen LogP contribution in [0.1, 0.15) is 13.3 Å². The molecule has 106 valence electrons. The van der Waals surface area contributed by atoms with E-state index in [0.29, 0.717) is 12.2 Å². The molecule has 1 aliphatic rings. The summed E-state index contributed by atoms with van der Waals surface area (Å²) in [6.45, 7) is 2.30. The summed E-state index contributed by atoms with van der Waals surface area (Å²) in [7, 11) is 0. The van der Waals surface area contributed by atoms with Crippen molar-refractivity contribution in [2.24, 2.45) is 0 Å². The monoisotopic (exact) mass is 278 g/mol. The molecule has 8 heteroatoms. The van der Waals surface area contributed by atoms with E-state index in [9.17, 15) is 19.2 Å². The third kappa shape index (κ3) is 3.02. The van der Waals surface area contributed by atoms with Crippen LogP contribution < -0.4 is 21.5 Å². The van der Waals surface area contributed by atoms with Gasteiger partial charge in [0, 0.05) is 18.8 Å². The van der Waals surface area contributed by atoms with E-state index in [1.165, 1.54) is 22.9 Å². The first-order valence-corrected chi connectivity index (χ1v) is 6.11. The zero-order chi connectivity index (χ0) is 14.7. The molecule has 4 amide bonds. The molecular formula is C12H14N4O4. The van der Waals surface area contributed by atoms with Gasteiger partial charge in [-0.3, -0.25) is 19.7 Å². The van der Waals surface area contributed by atoms with E-state index in [-0.39, 0.29) is 12.0 Å². The van der Waals surface area contributed by atoms with Gasteiger partial charge in [0.1, 0.15) is 6.04 Å². The van der Waals surface area contributed by atoms with Crippen LogP contribution in [0.5, 0.6) is 0 Å². The number of amides is 4. The SMILES string of the molecule is CCn1cc(NC(=O)C[C@H]2NC(=O)NC2=O)ccc1=O. The number of carbonyl (C=O) groups excluding carboxylic acids is 3. The molecule has 1 fully saturated rings. The van der Waals surface area contributed by atoms with Crippen molar-refractivity contribution in [3.63, 3.8) is 0 Å². The Labute approximate surface area is 114 Å². The van der Waals surface area contributed by atoms with Crippen LogP contribution >= 0.6 is 0 Å². The highest BCUT2D eigenvalue weighted by atomic mass is 16.2. The molecule has 2 rings (SSSR count). The molecule has 1 aromatic heterocycles. The van der Waals surface area contributed by atoms with Gasteiger partial charge in [0.05, 0.1) is 12.1 Å². The molecule has 0 radical (unpaired) electrons. The van der Waals surface area contributed by atoms with Gasteiger partial charge >= 0.3 is 6.03 Å². The maximum Gasteiger partial charge on any atom is 0.322 e. The van der Waals surface area contributed by atoms with Crippen molar-refractivity contribution in [3.8, 4) is 0 Å². The number of rotatable bonds is 4. The highest BCUT2D eigenvalue weighted by molar-refractivity contribution is 6.06. The van der Waals surface area contributed by atoms with Gasteiger partial charge in [-0.2, -0.15) is 0 Å². The van der Waals surface area contributed by atoms with Crippen LogP contribution in [0.15, 0.2) is 23.1 Å². The van der Waals surface area contributed by atoms with Crippen LogP contribution in [0.3, 0.4) is 0 Å². The molecule has 3 N–H and O–H groups in total. The third-order valence-corrected chi connectivity index (χ3v) is 2.86. The molecule has 0 spiro atoms. The topological polar surface area (TPSA) is 109 Å². The van der Waals surface area contributed by atoms with E-state index in [2.05, 4.69) is 10.6 Å². The molecular weight excluding hydrogens is 264 g/mol. The summed E-state index contributed by atoms with van der Waals surface area (Å²) in [5.74, 6) is -0.947. The van der Waals surface area contributed by atoms with Gasteiger partial charge in [0.25, 0.3) is 11.5 Å². The molecule has 1 aliphatic heterocycles. The second-order valence-electron chi connectivity index (χ2n) is 4.31. The quantitative estimate of drug-likeness (QED) is 0.639. The first kappa shape index (κ1) is 13.8. The lowest BCUT2D eigenvalue weighted by Crippen LogP contribution is -2.33. The maximum absolute atomic E-state index is 11.8. The summed E-state index contributed by atoms with van der Waals surface area (Å²) < 4.78 is 1.44. The first-order chi connectivity index (χ1) is 9.49. The van der Waals surface area contributed by atoms with Crippen molar-refractivity contribution in [1.29, 1.82) is 0 Å². The van der Waals surface area contributed by atoms with E-state index >= 15 is 0 Å². The molecule has 0 aromatic carbocycles. The number of nitrogens with zero attached hydrogens (tertiary/aromatic N) is 1. The third-order valence-electron chi connectivity index (χ3n) is 2.86. The van der Waals surface area contributed by atoms with Gasteiger partial charge in [-0.25, -0.2) is 4.79 Å². The molecule has 8 nitrogen and oxygen atoms in total. The van der Waals surface area contributed by atoms with Gasteiger partial charge in [-0.15, -0.1) is 0 Å². The lowest BCUT2D eigenvalue weighted by Gasteiger charge is -2.09. The summed E-state index contributed by atoms with van der Waals surface area (Å²) >= 11 is 0. The van der Waals surface area contributed by atoms with Crippen molar-refractivity contribution in [2.75, 3.05) is 5.32 Å². The van der Waals surface area contributed by atoms with Gasteiger partial charge in [0.2, 0.25) is 5.91 Å². The number of carbonyl (C=O) groups is 3. The zero-order valence-corrected chi connectivity index (χ0v) is 10.8. The average Bonchev–Trinajstić information content (AvgIpc) is 2.70. The number of imide groups is 1. The molecule has 1 saturated heterocycles. The van der Waals surface area contributed by atoms with Crippen LogP contribution in [0.25, 0.3) is 0 Å². The van der Waals surface area contributed by atoms with Crippen LogP contribution in [-0.2, 0) is 16.1 Å². The smallest absolute Gasteiger partial charge is 0.322 e. The summed E-state index contributed by atoms with van der Waals surface area (Å²) in [6, 6.07) is 1.37. The average molecular weight is 278 g/mol. The molecule has 0 bridgehead atoms. The Kier molecular flexibility index (Phi) is 3.83. The molecule has 1 aromatic rings. The number of urea groups is 1. The number of pyridine rings is 1. The Hall–Kier alpha value is -2.64. The van der Waals surface area contributed by atoms with Crippen LogP contribution in [-0.4, -0.2) is 28.5 Å². The molecule has 20 heavy (non-hydrogen) atoms. The van der Waals surface area contributed by atoms with Crippen LogP contribution in [0.4, 0.5) is 10.5 Å². The Morgan fingerprint density at radius 1 is 1.35 bits per heavy atom. The van der Waals surface area contributed by atoms with Crippen molar-refractivity contribution < 1.29 is 14.4 Å². The van der Waals surface area contributed by atoms with Crippen molar-refractivity contribution in [3.05, 3.63) is 28.7 Å². The lowest BCUT2D eigenvalue weighted by molar-refractivity contribution is -0.124. The Morgan fingerprint density at radius 2 is 2.10 bits per heavy atom. The number of nitrogens with one attached hydrogen (secondary N) is 3. The number of hydrogen-bond acceptors (Lipinski definition) is 4. The lowest BCUT2D eigenvalue weighted by atomic mass is 10.2. The normalized spacial score (nSPS) is 17.6. The minimum absolute atomic E-state index is 0.159. The van der Waals surface area contributed by atoms with Crippen LogP contribution in [0.2, 0.25) is 0 Å². The maximum atomic E-state index is 11.8. The first-order valence-electron chi connectivity index (χ1n) is 6.11. The van der Waals surface area contributed by atoms with Gasteiger partial charge < -0.3 is 15.2 Å². The van der Waals surface area contributed by atoms with E-state index < -0.39 is 23.9 Å². The van der Waals surface area contributed by atoms with Crippen LogP contribution in [0, 0.1) is 0 Å². The van der Waals surface area contributed by atoms with Crippen molar-refractivity contribution >= 4 is 23.5 Å². The highest BCUT2D eigenvalue weighted by Crippen LogP contribution is 2.06. The summed E-state index contributed by atoms with van der Waals surface area (Å²) in [4.78, 5) is 45.4. The van der Waals surface area contributed by atoms with E-state index in [1.54, 1.807) is 0 Å². The minimum Gasteiger partial charge on any atom is -0.325 e. The second kappa shape index (κ2) is 5.55. The van der Waals surface area contributed by atoms with Crippen molar-refractivity contribution in [1.82, 2.24) is 15.2 Å². The number of aryl methyl sites for hydroxylation is 1. The number of anilines is 1. The fraction of sp³-hybridized carbons (Fsp3) is 0.333. The Bertz CT molecular complexity index is 622. The van der Waals surface area contributed by atoms with Gasteiger partial charge in [0.15, 0.2) is 0 Å². The van der Waals surface area contributed by atoms with Gasteiger partial charge in [-0.1, -0.05) is 0 Å². The predicted octanol–water partition coefficient (Wildman–Crippen LogP) is -0.595. The fourth-order valence-electron chi connectivity index (χ4n) is 1.85. The zero-order valence-electron chi connectivity index (χ0n) is 10.8. The van der Waals surface area contributed by atoms with E-state index in [1.807, 2.05) is 12.2 Å². The molecule has 2 heterocycles.